The number of hydrogen-bond acceptors (Lipinski definition) is 7. The molecule has 1 aromatic carbocycles. The molecule has 4 heterocycles. The molecule has 0 bridgehead atoms. The Morgan fingerprint density at radius 1 is 1.24 bits per heavy atom. The fourth-order valence-corrected chi connectivity index (χ4v) is 7.02. The van der Waals surface area contributed by atoms with Crippen molar-refractivity contribution in [3.05, 3.63) is 61.7 Å². The van der Waals surface area contributed by atoms with Gasteiger partial charge in [-0.1, -0.05) is 13.8 Å². The number of benzene rings is 1. The summed E-state index contributed by atoms with van der Waals surface area (Å²) >= 11 is 0. The van der Waals surface area contributed by atoms with E-state index in [0.717, 1.165) is 41.3 Å². The van der Waals surface area contributed by atoms with Crippen LogP contribution >= 0.6 is 0 Å². The van der Waals surface area contributed by atoms with Gasteiger partial charge in [0.25, 0.3) is 5.56 Å². The molecule has 2 N–H and O–H groups in total. The summed E-state index contributed by atoms with van der Waals surface area (Å²) in [6, 6.07) is 2.69. The summed E-state index contributed by atoms with van der Waals surface area (Å²) in [4.78, 5) is 44.8. The largest absolute Gasteiger partial charge is 0.458 e. The van der Waals surface area contributed by atoms with E-state index in [4.69, 9.17) is 14.5 Å². The van der Waals surface area contributed by atoms with Crippen molar-refractivity contribution in [3.8, 4) is 11.4 Å². The van der Waals surface area contributed by atoms with Gasteiger partial charge >= 0.3 is 5.97 Å². The van der Waals surface area contributed by atoms with Crippen LogP contribution in [0.25, 0.3) is 22.3 Å². The van der Waals surface area contributed by atoms with E-state index in [1.165, 1.54) is 6.07 Å². The van der Waals surface area contributed by atoms with Crippen molar-refractivity contribution < 1.29 is 28.6 Å². The Hall–Kier alpha value is -3.63. The fraction of sp³-hybridized carbons (Fsp3) is 0.500. The van der Waals surface area contributed by atoms with Crippen molar-refractivity contribution in [3.63, 3.8) is 0 Å². The predicted molar refractivity (Wildman–Crippen MR) is 151 cm³/mol. The zero-order valence-corrected chi connectivity index (χ0v) is 24.0. The average molecular weight is 576 g/mol. The van der Waals surface area contributed by atoms with E-state index in [-0.39, 0.29) is 59.9 Å². The van der Waals surface area contributed by atoms with Gasteiger partial charge in [-0.25, -0.2) is 14.2 Å². The first kappa shape index (κ1) is 27.2. The Morgan fingerprint density at radius 3 is 2.74 bits per heavy atom. The van der Waals surface area contributed by atoms with E-state index in [0.29, 0.717) is 41.9 Å². The minimum Gasteiger partial charge on any atom is -0.458 e. The molecule has 3 aromatic rings. The first-order valence-corrected chi connectivity index (χ1v) is 14.9. The molecule has 1 unspecified atom stereocenters. The van der Waals surface area contributed by atoms with Crippen LogP contribution in [-0.2, 0) is 44.2 Å². The Labute approximate surface area is 242 Å². The van der Waals surface area contributed by atoms with Gasteiger partial charge < -0.3 is 24.5 Å². The normalized spacial score (nSPS) is 22.8. The molecule has 2 aliphatic carbocycles. The van der Waals surface area contributed by atoms with Crippen LogP contribution in [-0.4, -0.2) is 39.2 Å². The van der Waals surface area contributed by atoms with Crippen molar-refractivity contribution in [1.29, 1.82) is 0 Å². The van der Waals surface area contributed by atoms with Gasteiger partial charge in [-0.05, 0) is 74.1 Å². The molecule has 7 rings (SSSR count). The molecule has 1 amide bonds. The molecule has 9 nitrogen and oxygen atoms in total. The number of carbonyl (C=O) groups is 2. The molecular formula is C32H34FN3O6. The summed E-state index contributed by atoms with van der Waals surface area (Å²) < 4.78 is 27.9. The second kappa shape index (κ2) is 9.70. The van der Waals surface area contributed by atoms with Crippen molar-refractivity contribution >= 4 is 22.8 Å². The molecular weight excluding hydrogens is 541 g/mol. The van der Waals surface area contributed by atoms with Crippen LogP contribution in [0.1, 0.15) is 85.4 Å². The van der Waals surface area contributed by atoms with E-state index in [9.17, 15) is 19.5 Å². The van der Waals surface area contributed by atoms with E-state index in [1.807, 2.05) is 6.92 Å². The summed E-state index contributed by atoms with van der Waals surface area (Å²) in [7, 11) is 0. The first-order valence-electron chi connectivity index (χ1n) is 14.9. The number of amides is 1. The third kappa shape index (κ3) is 3.87. The van der Waals surface area contributed by atoms with Crippen LogP contribution in [0.15, 0.2) is 16.9 Å². The van der Waals surface area contributed by atoms with Gasteiger partial charge in [-0.15, -0.1) is 0 Å². The van der Waals surface area contributed by atoms with Gasteiger partial charge in [0.05, 0.1) is 35.1 Å². The maximum absolute atomic E-state index is 15.1. The number of fused-ring (bicyclic) bond motifs is 5. The second-order valence-electron chi connectivity index (χ2n) is 12.0. The van der Waals surface area contributed by atoms with Crippen LogP contribution < -0.4 is 10.9 Å². The van der Waals surface area contributed by atoms with Crippen molar-refractivity contribution in [2.75, 3.05) is 6.61 Å². The molecule has 0 spiro atoms. The topological polar surface area (TPSA) is 120 Å². The number of ether oxygens (including phenoxy) is 2. The molecule has 3 atom stereocenters. The van der Waals surface area contributed by atoms with Crippen LogP contribution in [0.3, 0.4) is 0 Å². The SMILES string of the molecule is CCCOC(C(=O)N[C@H]1CCc2c(C)c(F)cc3nc4c(c1c23)Cn1c-4cc2c(c1=O)COC(=O)[C@]2(O)CC)C1CC1. The third-order valence-electron chi connectivity index (χ3n) is 9.50. The number of aliphatic hydroxyl groups is 1. The average Bonchev–Trinajstić information content (AvgIpc) is 3.75. The Bertz CT molecular complexity index is 1740. The van der Waals surface area contributed by atoms with E-state index in [2.05, 4.69) is 5.32 Å². The lowest BCUT2D eigenvalue weighted by molar-refractivity contribution is -0.172. The van der Waals surface area contributed by atoms with Crippen molar-refractivity contribution in [1.82, 2.24) is 14.9 Å². The number of hydrogen-bond donors (Lipinski definition) is 2. The molecule has 2 aromatic heterocycles. The van der Waals surface area contributed by atoms with Crippen molar-refractivity contribution in [2.24, 2.45) is 5.92 Å². The molecule has 2 aliphatic heterocycles. The molecule has 0 radical (unpaired) electrons. The number of cyclic esters (lactones) is 1. The highest BCUT2D eigenvalue weighted by molar-refractivity contribution is 5.94. The monoisotopic (exact) mass is 575 g/mol. The number of nitrogens with zero attached hydrogens (tertiary/aromatic N) is 2. The Balaban J connectivity index is 1.40. The molecule has 0 saturated heterocycles. The van der Waals surface area contributed by atoms with Gasteiger partial charge in [0.2, 0.25) is 5.91 Å². The first-order chi connectivity index (χ1) is 20.2. The number of carbonyl (C=O) groups excluding carboxylic acids is 2. The highest BCUT2D eigenvalue weighted by Crippen LogP contribution is 2.46. The Morgan fingerprint density at radius 2 is 2.02 bits per heavy atom. The van der Waals surface area contributed by atoms with Gasteiger partial charge in [0.15, 0.2) is 5.60 Å². The maximum Gasteiger partial charge on any atom is 0.343 e. The summed E-state index contributed by atoms with van der Waals surface area (Å²) in [6.07, 6.45) is 3.41. The number of nitrogens with one attached hydrogen (secondary N) is 1. The van der Waals surface area contributed by atoms with E-state index < -0.39 is 17.7 Å². The number of pyridine rings is 2. The van der Waals surface area contributed by atoms with E-state index in [1.54, 1.807) is 24.5 Å². The molecule has 4 aliphatic rings. The van der Waals surface area contributed by atoms with Gasteiger partial charge in [-0.2, -0.15) is 0 Å². The van der Waals surface area contributed by atoms with Gasteiger partial charge in [0.1, 0.15) is 18.5 Å². The van der Waals surface area contributed by atoms with Crippen LogP contribution in [0, 0.1) is 18.7 Å². The van der Waals surface area contributed by atoms with Crippen LogP contribution in [0.4, 0.5) is 4.39 Å². The minimum atomic E-state index is -1.95. The summed E-state index contributed by atoms with van der Waals surface area (Å²) in [5.41, 5.74) is 2.60. The smallest absolute Gasteiger partial charge is 0.343 e. The fourth-order valence-electron chi connectivity index (χ4n) is 7.02. The van der Waals surface area contributed by atoms with Crippen molar-refractivity contribution in [2.45, 2.75) is 90.2 Å². The quantitative estimate of drug-likeness (QED) is 0.322. The predicted octanol–water partition coefficient (Wildman–Crippen LogP) is 3.84. The highest BCUT2D eigenvalue weighted by Gasteiger charge is 2.46. The maximum atomic E-state index is 15.1. The number of aryl methyl sites for hydroxylation is 1. The number of aromatic nitrogens is 2. The zero-order valence-electron chi connectivity index (χ0n) is 24.0. The summed E-state index contributed by atoms with van der Waals surface area (Å²) in [5, 5.41) is 15.3. The molecule has 1 saturated carbocycles. The molecule has 42 heavy (non-hydrogen) atoms. The van der Waals surface area contributed by atoms with Gasteiger partial charge in [0, 0.05) is 29.2 Å². The standard InChI is InChI=1S/C32H34FN3O6/c1-4-10-41-28(16-6-7-16)29(37)35-22-9-8-17-15(3)21(33)12-23-25(17)26(22)18-13-36-24(27(18)34-23)11-20-19(30(36)38)14-42-31(39)32(20,40)5-2/h11-12,16,22,28,40H,4-10,13-14H2,1-3H3,(H,35,37)/t22-,28?,32-/m0/s1. The van der Waals surface area contributed by atoms with E-state index >= 15 is 4.39 Å². The number of halogens is 1. The minimum absolute atomic E-state index is 0.0369. The molecule has 1 fully saturated rings. The third-order valence-corrected chi connectivity index (χ3v) is 9.50. The summed E-state index contributed by atoms with van der Waals surface area (Å²) in [5.74, 6) is -1.08. The lowest BCUT2D eigenvalue weighted by Gasteiger charge is -2.31. The zero-order chi connectivity index (χ0) is 29.5. The second-order valence-corrected chi connectivity index (χ2v) is 12.0. The molecule has 220 valence electrons. The highest BCUT2D eigenvalue weighted by atomic mass is 19.1. The lowest BCUT2D eigenvalue weighted by Crippen LogP contribution is -2.44. The molecule has 10 heteroatoms. The Kier molecular flexibility index (Phi) is 6.29. The van der Waals surface area contributed by atoms with Crippen LogP contribution in [0.5, 0.6) is 0 Å². The number of esters is 1. The van der Waals surface area contributed by atoms with Gasteiger partial charge in [-0.3, -0.25) is 9.59 Å². The summed E-state index contributed by atoms with van der Waals surface area (Å²) in [6.45, 7) is 5.92. The van der Waals surface area contributed by atoms with Crippen LogP contribution in [0.2, 0.25) is 0 Å². The number of rotatable bonds is 7. The lowest BCUT2D eigenvalue weighted by atomic mass is 9.81.